The molecule has 2 heterocycles. The molecule has 6 rings (SSSR count). The quantitative estimate of drug-likeness (QED) is 0.264. The first kappa shape index (κ1) is 26.9. The van der Waals surface area contributed by atoms with Gasteiger partial charge in [0.2, 0.25) is 5.91 Å². The van der Waals surface area contributed by atoms with E-state index in [1.165, 1.54) is 11.1 Å². The SMILES string of the molecule is Cc1ccc([C@H]2c3cc(OCc4ccc(C(=O)NCc5ccccc5)o4)ccc3CCN2C(=O)C2CCCC2)cc1. The fourth-order valence-corrected chi connectivity index (χ4v) is 6.03. The number of aryl methyl sites for hydroxylation is 1. The predicted octanol–water partition coefficient (Wildman–Crippen LogP) is 6.76. The molecule has 2 amide bonds. The van der Waals surface area contributed by atoms with E-state index >= 15 is 0 Å². The summed E-state index contributed by atoms with van der Waals surface area (Å²) in [5.74, 6) is 1.68. The summed E-state index contributed by atoms with van der Waals surface area (Å²) in [7, 11) is 0. The fraction of sp³-hybridized carbons (Fsp3) is 0.314. The minimum atomic E-state index is -0.262. The van der Waals surface area contributed by atoms with Gasteiger partial charge in [-0.15, -0.1) is 0 Å². The monoisotopic (exact) mass is 548 g/mol. The van der Waals surface area contributed by atoms with Crippen LogP contribution in [0.4, 0.5) is 0 Å². The zero-order valence-electron chi connectivity index (χ0n) is 23.5. The van der Waals surface area contributed by atoms with Gasteiger partial charge in [-0.3, -0.25) is 9.59 Å². The molecule has 41 heavy (non-hydrogen) atoms. The highest BCUT2D eigenvalue weighted by Gasteiger charge is 2.36. The maximum absolute atomic E-state index is 13.7. The number of furan rings is 1. The largest absolute Gasteiger partial charge is 0.486 e. The molecule has 0 saturated heterocycles. The molecule has 6 nitrogen and oxygen atoms in total. The summed E-state index contributed by atoms with van der Waals surface area (Å²) in [6.45, 7) is 3.44. The molecule has 1 atom stereocenters. The van der Waals surface area contributed by atoms with Crippen LogP contribution in [0, 0.1) is 12.8 Å². The second-order valence-corrected chi connectivity index (χ2v) is 11.2. The van der Waals surface area contributed by atoms with Gasteiger partial charge in [-0.25, -0.2) is 0 Å². The first-order chi connectivity index (χ1) is 20.0. The molecule has 0 radical (unpaired) electrons. The van der Waals surface area contributed by atoms with Crippen LogP contribution in [0.5, 0.6) is 5.75 Å². The van der Waals surface area contributed by atoms with Crippen LogP contribution in [-0.2, 0) is 24.4 Å². The smallest absolute Gasteiger partial charge is 0.287 e. The third kappa shape index (κ3) is 6.07. The van der Waals surface area contributed by atoms with Gasteiger partial charge in [0.1, 0.15) is 18.1 Å². The molecule has 1 fully saturated rings. The number of carbonyl (C=O) groups excluding carboxylic acids is 2. The normalized spacial score (nSPS) is 16.8. The first-order valence-corrected chi connectivity index (χ1v) is 14.6. The van der Waals surface area contributed by atoms with Crippen molar-refractivity contribution in [3.63, 3.8) is 0 Å². The number of rotatable bonds is 8. The van der Waals surface area contributed by atoms with E-state index in [1.807, 2.05) is 36.4 Å². The molecule has 1 saturated carbocycles. The van der Waals surface area contributed by atoms with Gasteiger partial charge in [-0.2, -0.15) is 0 Å². The number of nitrogens with zero attached hydrogens (tertiary/aromatic N) is 1. The summed E-state index contributed by atoms with van der Waals surface area (Å²) >= 11 is 0. The summed E-state index contributed by atoms with van der Waals surface area (Å²) in [5, 5.41) is 2.89. The van der Waals surface area contributed by atoms with Gasteiger partial charge < -0.3 is 19.4 Å². The van der Waals surface area contributed by atoms with Crippen molar-refractivity contribution in [3.8, 4) is 5.75 Å². The van der Waals surface area contributed by atoms with E-state index in [0.29, 0.717) is 18.1 Å². The van der Waals surface area contributed by atoms with E-state index in [9.17, 15) is 9.59 Å². The van der Waals surface area contributed by atoms with Crippen LogP contribution >= 0.6 is 0 Å². The maximum atomic E-state index is 13.7. The average Bonchev–Trinajstić information content (AvgIpc) is 3.72. The van der Waals surface area contributed by atoms with Gasteiger partial charge in [0.15, 0.2) is 5.76 Å². The number of ether oxygens (including phenoxy) is 1. The molecule has 2 aliphatic rings. The van der Waals surface area contributed by atoms with E-state index in [1.54, 1.807) is 12.1 Å². The number of nitrogens with one attached hydrogen (secondary N) is 1. The highest BCUT2D eigenvalue weighted by atomic mass is 16.5. The highest BCUT2D eigenvalue weighted by molar-refractivity contribution is 5.91. The number of fused-ring (bicyclic) bond motifs is 1. The average molecular weight is 549 g/mol. The van der Waals surface area contributed by atoms with Crippen LogP contribution in [0.25, 0.3) is 0 Å². The third-order valence-corrected chi connectivity index (χ3v) is 8.29. The molecule has 4 aromatic rings. The van der Waals surface area contributed by atoms with Crippen molar-refractivity contribution in [2.24, 2.45) is 5.92 Å². The predicted molar refractivity (Wildman–Crippen MR) is 157 cm³/mol. The van der Waals surface area contributed by atoms with E-state index in [0.717, 1.165) is 55.3 Å². The molecule has 0 spiro atoms. The molecule has 1 aliphatic heterocycles. The van der Waals surface area contributed by atoms with Gasteiger partial charge in [-0.05, 0) is 72.7 Å². The first-order valence-electron chi connectivity index (χ1n) is 14.6. The van der Waals surface area contributed by atoms with Crippen molar-refractivity contribution >= 4 is 11.8 Å². The molecule has 0 unspecified atom stereocenters. The Bertz CT molecular complexity index is 1500. The summed E-state index contributed by atoms with van der Waals surface area (Å²) in [6, 6.07) is 27.8. The molecular formula is C35H36N2O4. The van der Waals surface area contributed by atoms with Crippen LogP contribution in [-0.4, -0.2) is 23.3 Å². The van der Waals surface area contributed by atoms with Crippen molar-refractivity contribution in [2.75, 3.05) is 6.54 Å². The number of hydrogen-bond donors (Lipinski definition) is 1. The van der Waals surface area contributed by atoms with Crippen LogP contribution in [0.2, 0.25) is 0 Å². The molecule has 1 aliphatic carbocycles. The molecular weight excluding hydrogens is 512 g/mol. The van der Waals surface area contributed by atoms with Gasteiger partial charge >= 0.3 is 0 Å². The van der Waals surface area contributed by atoms with Crippen molar-refractivity contribution in [3.05, 3.63) is 124 Å². The summed E-state index contributed by atoms with van der Waals surface area (Å²) < 4.78 is 11.9. The minimum Gasteiger partial charge on any atom is -0.486 e. The van der Waals surface area contributed by atoms with Crippen molar-refractivity contribution in [2.45, 2.75) is 58.2 Å². The number of hydrogen-bond acceptors (Lipinski definition) is 4. The highest BCUT2D eigenvalue weighted by Crippen LogP contribution is 2.40. The zero-order valence-corrected chi connectivity index (χ0v) is 23.5. The Morgan fingerprint density at radius 1 is 0.951 bits per heavy atom. The van der Waals surface area contributed by atoms with Gasteiger partial charge in [-0.1, -0.05) is 79.1 Å². The van der Waals surface area contributed by atoms with Gasteiger partial charge in [0.25, 0.3) is 5.91 Å². The lowest BCUT2D eigenvalue weighted by molar-refractivity contribution is -0.137. The molecule has 1 aromatic heterocycles. The Morgan fingerprint density at radius 2 is 1.73 bits per heavy atom. The summed E-state index contributed by atoms with van der Waals surface area (Å²) in [6.07, 6.45) is 5.08. The van der Waals surface area contributed by atoms with Crippen LogP contribution in [0.1, 0.15) is 75.9 Å². The fourth-order valence-electron chi connectivity index (χ4n) is 6.03. The number of benzene rings is 3. The second kappa shape index (κ2) is 12.0. The Hall–Kier alpha value is -4.32. The zero-order chi connectivity index (χ0) is 28.2. The van der Waals surface area contributed by atoms with Crippen LogP contribution in [0.15, 0.2) is 89.3 Å². The van der Waals surface area contributed by atoms with Crippen molar-refractivity contribution in [1.29, 1.82) is 0 Å². The van der Waals surface area contributed by atoms with Gasteiger partial charge in [0, 0.05) is 19.0 Å². The number of carbonyl (C=O) groups is 2. The van der Waals surface area contributed by atoms with E-state index in [4.69, 9.17) is 9.15 Å². The third-order valence-electron chi connectivity index (χ3n) is 8.29. The van der Waals surface area contributed by atoms with Gasteiger partial charge in [0.05, 0.1) is 6.04 Å². The van der Waals surface area contributed by atoms with Crippen LogP contribution in [0.3, 0.4) is 0 Å². The topological polar surface area (TPSA) is 71.8 Å². The maximum Gasteiger partial charge on any atom is 0.287 e. The molecule has 6 heteroatoms. The lowest BCUT2D eigenvalue weighted by Crippen LogP contribution is -2.43. The minimum absolute atomic E-state index is 0.127. The Morgan fingerprint density at radius 3 is 2.51 bits per heavy atom. The Kier molecular flexibility index (Phi) is 7.90. The van der Waals surface area contributed by atoms with Crippen molar-refractivity contribution in [1.82, 2.24) is 10.2 Å². The lowest BCUT2D eigenvalue weighted by atomic mass is 9.86. The standard InChI is InChI=1S/C35H36N2O4/c1-24-11-13-27(14-12-24)33-31-21-29(16-15-26(31)19-20-37(33)35(39)28-9-5-6-10-28)40-23-30-17-18-32(41-30)34(38)36-22-25-7-3-2-4-8-25/h2-4,7-8,11-18,21,28,33H,5-6,9-10,19-20,22-23H2,1H3,(H,36,38)/t33-/m0/s1. The lowest BCUT2D eigenvalue weighted by Gasteiger charge is -2.39. The Balaban J connectivity index is 1.18. The van der Waals surface area contributed by atoms with Crippen LogP contribution < -0.4 is 10.1 Å². The molecule has 0 bridgehead atoms. The molecule has 1 N–H and O–H groups in total. The van der Waals surface area contributed by atoms with E-state index in [2.05, 4.69) is 53.5 Å². The number of amides is 2. The molecule has 210 valence electrons. The summed E-state index contributed by atoms with van der Waals surface area (Å²) in [5.41, 5.74) is 5.70. The second-order valence-electron chi connectivity index (χ2n) is 11.2. The Labute approximate surface area is 241 Å². The van der Waals surface area contributed by atoms with E-state index in [-0.39, 0.29) is 36.1 Å². The van der Waals surface area contributed by atoms with E-state index < -0.39 is 0 Å². The van der Waals surface area contributed by atoms with Crippen molar-refractivity contribution < 1.29 is 18.7 Å². The summed E-state index contributed by atoms with van der Waals surface area (Å²) in [4.78, 5) is 28.3. The molecule has 3 aromatic carbocycles.